The molecule has 1 aromatic carbocycles. The molecule has 0 heterocycles. The second kappa shape index (κ2) is 6.54. The normalized spacial score (nSPS) is 15.8. The van der Waals surface area contributed by atoms with Crippen LogP contribution >= 0.6 is 0 Å². The summed E-state index contributed by atoms with van der Waals surface area (Å²) >= 11 is 0. The molecule has 2 rings (SSSR count). The van der Waals surface area contributed by atoms with Gasteiger partial charge in [0.1, 0.15) is 0 Å². The molecule has 134 valence electrons. The van der Waals surface area contributed by atoms with Crippen molar-refractivity contribution in [3.63, 3.8) is 0 Å². The third-order valence-electron chi connectivity index (χ3n) is 5.65. The fourth-order valence-corrected chi connectivity index (χ4v) is 5.76. The van der Waals surface area contributed by atoms with E-state index in [1.54, 1.807) is 0 Å². The van der Waals surface area contributed by atoms with Gasteiger partial charge in [-0.2, -0.15) is 0 Å². The number of hydrogen-bond acceptors (Lipinski definition) is 2. The lowest BCUT2D eigenvalue weighted by atomic mass is 10.0. The molecule has 0 bridgehead atoms. The zero-order valence-corrected chi connectivity index (χ0v) is 18.8. The quantitative estimate of drug-likeness (QED) is 0.695. The Kier molecular flexibility index (Phi) is 5.34. The van der Waals surface area contributed by atoms with Gasteiger partial charge in [-0.15, -0.1) is 0 Å². The standard InChI is InChI=1S/C20H34O2Si2/c1-20(2,3)24(7,8)22-12-11-15-13-16-9-10-17(21)19(16)18(14-15)23(4,5)6/h13-14H,9-12H2,1-8H3. The van der Waals surface area contributed by atoms with E-state index in [2.05, 4.69) is 65.6 Å². The van der Waals surface area contributed by atoms with Gasteiger partial charge in [-0.3, -0.25) is 4.79 Å². The van der Waals surface area contributed by atoms with Gasteiger partial charge < -0.3 is 4.43 Å². The molecule has 1 aliphatic rings. The molecule has 0 aliphatic heterocycles. The van der Waals surface area contributed by atoms with E-state index in [-0.39, 0.29) is 5.04 Å². The van der Waals surface area contributed by atoms with Crippen LogP contribution < -0.4 is 5.19 Å². The summed E-state index contributed by atoms with van der Waals surface area (Å²) in [6.45, 7) is 19.3. The highest BCUT2D eigenvalue weighted by molar-refractivity contribution is 6.89. The fraction of sp³-hybridized carbons (Fsp3) is 0.650. The van der Waals surface area contributed by atoms with E-state index in [4.69, 9.17) is 4.43 Å². The van der Waals surface area contributed by atoms with Crippen LogP contribution in [0.4, 0.5) is 0 Å². The van der Waals surface area contributed by atoms with Crippen molar-refractivity contribution in [2.75, 3.05) is 6.61 Å². The SMILES string of the molecule is CC(C)(C)[Si](C)(C)OCCc1cc2c(c([Si](C)(C)C)c1)C(=O)CC2. The number of hydrogen-bond donors (Lipinski definition) is 0. The second-order valence-electron chi connectivity index (χ2n) is 9.71. The third-order valence-corrected chi connectivity index (χ3v) is 12.2. The number of fused-ring (bicyclic) bond motifs is 1. The largest absolute Gasteiger partial charge is 0.416 e. The smallest absolute Gasteiger partial charge is 0.191 e. The van der Waals surface area contributed by atoms with Crippen LogP contribution in [0.3, 0.4) is 0 Å². The van der Waals surface area contributed by atoms with E-state index >= 15 is 0 Å². The zero-order valence-electron chi connectivity index (χ0n) is 16.8. The van der Waals surface area contributed by atoms with Crippen LogP contribution in [-0.4, -0.2) is 28.8 Å². The Morgan fingerprint density at radius 1 is 1.04 bits per heavy atom. The number of benzene rings is 1. The van der Waals surface area contributed by atoms with E-state index in [1.165, 1.54) is 16.3 Å². The van der Waals surface area contributed by atoms with Crippen LogP contribution in [-0.2, 0) is 17.3 Å². The Bertz CT molecular complexity index is 634. The maximum Gasteiger partial charge on any atom is 0.191 e. The minimum Gasteiger partial charge on any atom is -0.416 e. The summed E-state index contributed by atoms with van der Waals surface area (Å²) in [6.07, 6.45) is 2.56. The highest BCUT2D eigenvalue weighted by atomic mass is 28.4. The summed E-state index contributed by atoms with van der Waals surface area (Å²) < 4.78 is 6.35. The molecule has 0 amide bonds. The Hall–Kier alpha value is -0.716. The number of aryl methyl sites for hydroxylation is 1. The Morgan fingerprint density at radius 2 is 1.67 bits per heavy atom. The summed E-state index contributed by atoms with van der Waals surface area (Å²) in [6, 6.07) is 4.57. The van der Waals surface area contributed by atoms with Crippen LogP contribution in [0.25, 0.3) is 0 Å². The number of Topliss-reactive ketones (excluding diaryl/α,β-unsaturated/α-hetero) is 1. The van der Waals surface area contributed by atoms with Gasteiger partial charge in [-0.25, -0.2) is 0 Å². The van der Waals surface area contributed by atoms with E-state index in [0.29, 0.717) is 12.2 Å². The molecule has 24 heavy (non-hydrogen) atoms. The van der Waals surface area contributed by atoms with Crippen LogP contribution in [0.5, 0.6) is 0 Å². The summed E-state index contributed by atoms with van der Waals surface area (Å²) in [5, 5.41) is 1.60. The lowest BCUT2D eigenvalue weighted by Crippen LogP contribution is -2.42. The van der Waals surface area contributed by atoms with Crippen LogP contribution in [0.15, 0.2) is 12.1 Å². The number of rotatable bonds is 5. The highest BCUT2D eigenvalue weighted by Crippen LogP contribution is 2.36. The molecule has 0 atom stereocenters. The number of carbonyl (C=O) groups excluding carboxylic acids is 1. The molecule has 0 spiro atoms. The maximum atomic E-state index is 12.3. The van der Waals surface area contributed by atoms with Crippen LogP contribution in [0.1, 0.15) is 48.7 Å². The van der Waals surface area contributed by atoms with E-state index in [1.807, 2.05) is 0 Å². The molecular formula is C20H34O2Si2. The van der Waals surface area contributed by atoms with Gasteiger partial charge in [0.2, 0.25) is 0 Å². The second-order valence-corrected chi connectivity index (χ2v) is 19.6. The predicted molar refractivity (Wildman–Crippen MR) is 109 cm³/mol. The van der Waals surface area contributed by atoms with E-state index < -0.39 is 16.4 Å². The molecule has 0 radical (unpaired) electrons. The van der Waals surface area contributed by atoms with Crippen molar-refractivity contribution in [1.29, 1.82) is 0 Å². The first-order valence-electron chi connectivity index (χ1n) is 9.16. The molecule has 1 aromatic rings. The minimum absolute atomic E-state index is 0.251. The molecule has 4 heteroatoms. The molecule has 0 aromatic heterocycles. The first-order valence-corrected chi connectivity index (χ1v) is 15.6. The van der Waals surface area contributed by atoms with Gasteiger partial charge in [-0.05, 0) is 47.3 Å². The first-order chi connectivity index (χ1) is 10.8. The third kappa shape index (κ3) is 4.09. The lowest BCUT2D eigenvalue weighted by Gasteiger charge is -2.36. The number of carbonyl (C=O) groups is 1. The van der Waals surface area contributed by atoms with Crippen molar-refractivity contribution in [2.24, 2.45) is 0 Å². The Labute approximate surface area is 150 Å². The summed E-state index contributed by atoms with van der Waals surface area (Å²) in [5.74, 6) is 0.353. The molecule has 0 fully saturated rings. The first kappa shape index (κ1) is 19.6. The van der Waals surface area contributed by atoms with Gasteiger partial charge in [0.15, 0.2) is 14.1 Å². The van der Waals surface area contributed by atoms with Gasteiger partial charge in [0, 0.05) is 18.6 Å². The predicted octanol–water partition coefficient (Wildman–Crippen LogP) is 4.93. The molecule has 0 N–H and O–H groups in total. The van der Waals surface area contributed by atoms with Crippen LogP contribution in [0.2, 0.25) is 37.8 Å². The van der Waals surface area contributed by atoms with E-state index in [0.717, 1.165) is 25.0 Å². The lowest BCUT2D eigenvalue weighted by molar-refractivity contribution is 0.0995. The van der Waals surface area contributed by atoms with Gasteiger partial charge in [-0.1, -0.05) is 52.5 Å². The van der Waals surface area contributed by atoms with E-state index in [9.17, 15) is 4.79 Å². The summed E-state index contributed by atoms with van der Waals surface area (Å²) in [5.41, 5.74) is 3.69. The highest BCUT2D eigenvalue weighted by Gasteiger charge is 2.37. The molecule has 1 aliphatic carbocycles. The average Bonchev–Trinajstić information content (AvgIpc) is 2.77. The van der Waals surface area contributed by atoms with Crippen molar-refractivity contribution >= 4 is 27.4 Å². The summed E-state index contributed by atoms with van der Waals surface area (Å²) in [7, 11) is -3.21. The van der Waals surface area contributed by atoms with Gasteiger partial charge in [0.25, 0.3) is 0 Å². The molecule has 2 nitrogen and oxygen atoms in total. The zero-order chi connectivity index (χ0) is 18.3. The topological polar surface area (TPSA) is 26.3 Å². The van der Waals surface area contributed by atoms with Crippen molar-refractivity contribution in [2.45, 2.75) is 77.8 Å². The molecule has 0 saturated heterocycles. The Balaban J connectivity index is 2.20. The molecular weight excluding hydrogens is 328 g/mol. The van der Waals surface area contributed by atoms with Crippen molar-refractivity contribution in [3.8, 4) is 0 Å². The van der Waals surface area contributed by atoms with Crippen molar-refractivity contribution in [3.05, 3.63) is 28.8 Å². The molecule has 0 unspecified atom stereocenters. The van der Waals surface area contributed by atoms with Gasteiger partial charge in [0.05, 0.1) is 8.07 Å². The molecule has 0 saturated carbocycles. The maximum absolute atomic E-state index is 12.3. The average molecular weight is 363 g/mol. The number of ketones is 1. The minimum atomic E-state index is -1.69. The van der Waals surface area contributed by atoms with Crippen molar-refractivity contribution in [1.82, 2.24) is 0 Å². The fourth-order valence-electron chi connectivity index (χ4n) is 3.04. The monoisotopic (exact) mass is 362 g/mol. The van der Waals surface area contributed by atoms with Crippen LogP contribution in [0, 0.1) is 0 Å². The summed E-state index contributed by atoms with van der Waals surface area (Å²) in [4.78, 5) is 12.3. The Morgan fingerprint density at radius 3 is 2.21 bits per heavy atom. The van der Waals surface area contributed by atoms with Gasteiger partial charge >= 0.3 is 0 Å². The van der Waals surface area contributed by atoms with Crippen molar-refractivity contribution < 1.29 is 9.22 Å².